The third-order valence-corrected chi connectivity index (χ3v) is 5.08. The molecular formula is C21H32N2O2. The second-order valence-electron chi connectivity index (χ2n) is 7.56. The van der Waals surface area contributed by atoms with Gasteiger partial charge < -0.3 is 10.6 Å². The average Bonchev–Trinajstić information content (AvgIpc) is 2.54. The van der Waals surface area contributed by atoms with Gasteiger partial charge in [0.2, 0.25) is 5.91 Å². The van der Waals surface area contributed by atoms with Crippen molar-refractivity contribution in [3.8, 4) is 0 Å². The summed E-state index contributed by atoms with van der Waals surface area (Å²) in [6.07, 6.45) is 8.25. The number of hydrogen-bond acceptors (Lipinski definition) is 2. The van der Waals surface area contributed by atoms with Crippen LogP contribution < -0.4 is 10.6 Å². The molecule has 1 aromatic rings. The van der Waals surface area contributed by atoms with Gasteiger partial charge in [-0.1, -0.05) is 64.2 Å². The summed E-state index contributed by atoms with van der Waals surface area (Å²) in [6, 6.07) is 7.21. The Labute approximate surface area is 151 Å². The molecule has 2 rings (SSSR count). The Kier molecular flexibility index (Phi) is 7.48. The highest BCUT2D eigenvalue weighted by Gasteiger charge is 2.27. The Bertz CT molecular complexity index is 575. The summed E-state index contributed by atoms with van der Waals surface area (Å²) < 4.78 is 0. The van der Waals surface area contributed by atoms with Crippen LogP contribution in [0.5, 0.6) is 0 Å². The number of aryl methyl sites for hydroxylation is 1. The number of carbonyl (C=O) groups excluding carboxylic acids is 2. The molecular weight excluding hydrogens is 312 g/mol. The van der Waals surface area contributed by atoms with E-state index in [1.807, 2.05) is 39.0 Å². The van der Waals surface area contributed by atoms with Gasteiger partial charge in [0.15, 0.2) is 0 Å². The number of carbonyl (C=O) groups is 2. The van der Waals surface area contributed by atoms with E-state index in [0.29, 0.717) is 5.56 Å². The SMILES string of the molecule is Cc1ccccc1C(=O)NC(C(=O)NC1CCCCCCC1)C(C)C. The van der Waals surface area contributed by atoms with Crippen molar-refractivity contribution >= 4 is 11.8 Å². The van der Waals surface area contributed by atoms with E-state index in [4.69, 9.17) is 0 Å². The van der Waals surface area contributed by atoms with Gasteiger partial charge in [-0.05, 0) is 37.3 Å². The molecule has 1 atom stereocenters. The molecule has 0 bridgehead atoms. The van der Waals surface area contributed by atoms with Gasteiger partial charge in [-0.25, -0.2) is 0 Å². The Morgan fingerprint density at radius 1 is 1.00 bits per heavy atom. The molecule has 138 valence electrons. The van der Waals surface area contributed by atoms with Crippen LogP contribution in [0.4, 0.5) is 0 Å². The van der Waals surface area contributed by atoms with Crippen LogP contribution in [0.25, 0.3) is 0 Å². The monoisotopic (exact) mass is 344 g/mol. The van der Waals surface area contributed by atoms with Gasteiger partial charge in [0.25, 0.3) is 5.91 Å². The molecule has 1 saturated carbocycles. The zero-order valence-electron chi connectivity index (χ0n) is 15.8. The number of nitrogens with one attached hydrogen (secondary N) is 2. The van der Waals surface area contributed by atoms with Gasteiger partial charge >= 0.3 is 0 Å². The minimum atomic E-state index is -0.502. The lowest BCUT2D eigenvalue weighted by atomic mass is 9.95. The first-order chi connectivity index (χ1) is 12.0. The van der Waals surface area contributed by atoms with Crippen LogP contribution >= 0.6 is 0 Å². The molecule has 0 saturated heterocycles. The van der Waals surface area contributed by atoms with Gasteiger partial charge in [-0.2, -0.15) is 0 Å². The van der Waals surface area contributed by atoms with Crippen molar-refractivity contribution in [2.75, 3.05) is 0 Å². The van der Waals surface area contributed by atoms with Crippen LogP contribution in [0, 0.1) is 12.8 Å². The van der Waals surface area contributed by atoms with Crippen molar-refractivity contribution in [1.82, 2.24) is 10.6 Å². The Morgan fingerprint density at radius 2 is 1.60 bits per heavy atom. The molecule has 25 heavy (non-hydrogen) atoms. The van der Waals surface area contributed by atoms with Crippen LogP contribution in [0.2, 0.25) is 0 Å². The number of hydrogen-bond donors (Lipinski definition) is 2. The van der Waals surface area contributed by atoms with Gasteiger partial charge in [-0.15, -0.1) is 0 Å². The molecule has 2 amide bonds. The van der Waals surface area contributed by atoms with E-state index in [0.717, 1.165) is 18.4 Å². The summed E-state index contributed by atoms with van der Waals surface area (Å²) in [5.74, 6) is -0.186. The standard InChI is InChI=1S/C21H32N2O2/c1-15(2)19(23-20(24)18-14-10-9-11-16(18)3)21(25)22-17-12-7-5-4-6-8-13-17/h9-11,14-15,17,19H,4-8,12-13H2,1-3H3,(H,22,25)(H,23,24). The molecule has 1 aromatic carbocycles. The second-order valence-corrected chi connectivity index (χ2v) is 7.56. The lowest BCUT2D eigenvalue weighted by Gasteiger charge is -2.27. The summed E-state index contributed by atoms with van der Waals surface area (Å²) in [7, 11) is 0. The van der Waals surface area contributed by atoms with E-state index in [2.05, 4.69) is 10.6 Å². The first kappa shape index (κ1) is 19.5. The molecule has 1 aliphatic rings. The third-order valence-electron chi connectivity index (χ3n) is 5.08. The predicted octanol–water partition coefficient (Wildman–Crippen LogP) is 3.98. The van der Waals surface area contributed by atoms with E-state index >= 15 is 0 Å². The molecule has 2 N–H and O–H groups in total. The molecule has 0 spiro atoms. The predicted molar refractivity (Wildman–Crippen MR) is 102 cm³/mol. The van der Waals surface area contributed by atoms with Crippen LogP contribution in [0.3, 0.4) is 0 Å². The largest absolute Gasteiger partial charge is 0.352 e. The van der Waals surface area contributed by atoms with E-state index in [9.17, 15) is 9.59 Å². The lowest BCUT2D eigenvalue weighted by Crippen LogP contribution is -2.52. The highest BCUT2D eigenvalue weighted by atomic mass is 16.2. The molecule has 1 unspecified atom stereocenters. The summed E-state index contributed by atoms with van der Waals surface area (Å²) in [5.41, 5.74) is 1.55. The number of rotatable bonds is 5. The van der Waals surface area contributed by atoms with Crippen LogP contribution in [-0.2, 0) is 4.79 Å². The topological polar surface area (TPSA) is 58.2 Å². The quantitative estimate of drug-likeness (QED) is 0.849. The zero-order valence-corrected chi connectivity index (χ0v) is 15.8. The molecule has 4 nitrogen and oxygen atoms in total. The second kappa shape index (κ2) is 9.59. The van der Waals surface area contributed by atoms with Crippen molar-refractivity contribution < 1.29 is 9.59 Å². The van der Waals surface area contributed by atoms with Crippen LogP contribution in [0.1, 0.15) is 74.7 Å². The minimum Gasteiger partial charge on any atom is -0.352 e. The highest BCUT2D eigenvalue weighted by molar-refractivity contribution is 5.98. The molecule has 0 aliphatic heterocycles. The van der Waals surface area contributed by atoms with E-state index < -0.39 is 6.04 Å². The maximum absolute atomic E-state index is 12.8. The fourth-order valence-electron chi connectivity index (χ4n) is 3.47. The summed E-state index contributed by atoms with van der Waals surface area (Å²) >= 11 is 0. The fraction of sp³-hybridized carbons (Fsp3) is 0.619. The minimum absolute atomic E-state index is 0.0431. The zero-order chi connectivity index (χ0) is 18.2. The van der Waals surface area contributed by atoms with Crippen LogP contribution in [0.15, 0.2) is 24.3 Å². The van der Waals surface area contributed by atoms with Crippen molar-refractivity contribution in [1.29, 1.82) is 0 Å². The molecule has 1 aliphatic carbocycles. The van der Waals surface area contributed by atoms with Crippen LogP contribution in [-0.4, -0.2) is 23.9 Å². The summed E-state index contributed by atoms with van der Waals surface area (Å²) in [4.78, 5) is 25.4. The fourth-order valence-corrected chi connectivity index (χ4v) is 3.47. The van der Waals surface area contributed by atoms with E-state index in [-0.39, 0.29) is 23.8 Å². The van der Waals surface area contributed by atoms with Gasteiger partial charge in [-0.3, -0.25) is 9.59 Å². The molecule has 1 fully saturated rings. The molecule has 0 aromatic heterocycles. The first-order valence-corrected chi connectivity index (χ1v) is 9.66. The van der Waals surface area contributed by atoms with Crippen molar-refractivity contribution in [3.05, 3.63) is 35.4 Å². The van der Waals surface area contributed by atoms with Gasteiger partial charge in [0.1, 0.15) is 6.04 Å². The third kappa shape index (κ3) is 5.87. The number of amides is 2. The first-order valence-electron chi connectivity index (χ1n) is 9.66. The van der Waals surface area contributed by atoms with E-state index in [1.165, 1.54) is 32.1 Å². The molecule has 4 heteroatoms. The summed E-state index contributed by atoms with van der Waals surface area (Å²) in [6.45, 7) is 5.86. The lowest BCUT2D eigenvalue weighted by molar-refractivity contribution is -0.124. The Hall–Kier alpha value is -1.84. The number of benzene rings is 1. The van der Waals surface area contributed by atoms with Crippen molar-refractivity contribution in [3.63, 3.8) is 0 Å². The Balaban J connectivity index is 2.00. The molecule has 0 radical (unpaired) electrons. The van der Waals surface area contributed by atoms with Crippen molar-refractivity contribution in [2.24, 2.45) is 5.92 Å². The van der Waals surface area contributed by atoms with Gasteiger partial charge in [0, 0.05) is 11.6 Å². The highest BCUT2D eigenvalue weighted by Crippen LogP contribution is 2.18. The normalized spacial score (nSPS) is 17.4. The maximum atomic E-state index is 12.8. The van der Waals surface area contributed by atoms with E-state index in [1.54, 1.807) is 6.07 Å². The smallest absolute Gasteiger partial charge is 0.252 e. The van der Waals surface area contributed by atoms with Crippen molar-refractivity contribution in [2.45, 2.75) is 77.8 Å². The average molecular weight is 344 g/mol. The maximum Gasteiger partial charge on any atom is 0.252 e. The molecule has 0 heterocycles. The summed E-state index contributed by atoms with van der Waals surface area (Å²) in [5, 5.41) is 6.13. The van der Waals surface area contributed by atoms with Gasteiger partial charge in [0.05, 0.1) is 0 Å². The Morgan fingerprint density at radius 3 is 2.20 bits per heavy atom.